The number of carboxylic acids is 1. The van der Waals surface area contributed by atoms with Gasteiger partial charge in [-0.25, -0.2) is 14.8 Å². The number of aromatic carboxylic acids is 1. The molecule has 4 rings (SSSR count). The van der Waals surface area contributed by atoms with E-state index in [9.17, 15) is 23.1 Å². The summed E-state index contributed by atoms with van der Waals surface area (Å²) in [7, 11) is 1.36. The molecule has 0 unspecified atom stereocenters. The maximum Gasteiger partial charge on any atom is 0.416 e. The number of ether oxygens (including phenoxy) is 1. The third-order valence-corrected chi connectivity index (χ3v) is 4.99. The molecular weight excluding hydrogens is 475 g/mol. The fourth-order valence-corrected chi connectivity index (χ4v) is 3.25. The van der Waals surface area contributed by atoms with E-state index >= 15 is 0 Å². The van der Waals surface area contributed by atoms with E-state index in [1.807, 2.05) is 0 Å². The van der Waals surface area contributed by atoms with E-state index in [4.69, 9.17) is 4.74 Å². The molecule has 1 aromatic heterocycles. The van der Waals surface area contributed by atoms with Crippen LogP contribution in [-0.4, -0.2) is 28.2 Å². The van der Waals surface area contributed by atoms with Crippen LogP contribution in [0, 0.1) is 0 Å². The van der Waals surface area contributed by atoms with Crippen molar-refractivity contribution in [1.82, 2.24) is 9.97 Å². The Hall–Kier alpha value is -4.80. The van der Waals surface area contributed by atoms with Gasteiger partial charge in [0, 0.05) is 23.5 Å². The smallest absolute Gasteiger partial charge is 0.416 e. The maximum absolute atomic E-state index is 12.8. The van der Waals surface area contributed by atoms with Gasteiger partial charge in [0.25, 0.3) is 0 Å². The van der Waals surface area contributed by atoms with Crippen molar-refractivity contribution in [3.63, 3.8) is 0 Å². The molecule has 0 radical (unpaired) electrons. The molecule has 0 saturated heterocycles. The summed E-state index contributed by atoms with van der Waals surface area (Å²) in [5.74, 6) is -0.778. The van der Waals surface area contributed by atoms with Gasteiger partial charge in [-0.05, 0) is 48.5 Å². The van der Waals surface area contributed by atoms with Gasteiger partial charge >= 0.3 is 12.1 Å². The Balaban J connectivity index is 1.59. The third-order valence-electron chi connectivity index (χ3n) is 4.99. The van der Waals surface area contributed by atoms with Crippen LogP contribution in [0.5, 0.6) is 5.75 Å². The molecule has 4 aromatic rings. The molecule has 36 heavy (non-hydrogen) atoms. The molecule has 8 nitrogen and oxygen atoms in total. The third kappa shape index (κ3) is 5.63. The number of anilines is 2. The summed E-state index contributed by atoms with van der Waals surface area (Å²) in [5, 5.41) is 20.6. The zero-order chi connectivity index (χ0) is 25.7. The number of rotatable bonds is 7. The lowest BCUT2D eigenvalue weighted by Gasteiger charge is -2.10. The van der Waals surface area contributed by atoms with E-state index in [2.05, 4.69) is 25.5 Å². The van der Waals surface area contributed by atoms with Crippen molar-refractivity contribution in [2.24, 2.45) is 10.2 Å². The van der Waals surface area contributed by atoms with Crippen molar-refractivity contribution in [2.45, 2.75) is 6.18 Å². The molecule has 0 spiro atoms. The molecule has 0 aliphatic carbocycles. The summed E-state index contributed by atoms with van der Waals surface area (Å²) in [4.78, 5) is 19.9. The van der Waals surface area contributed by atoms with Crippen LogP contribution in [-0.2, 0) is 6.18 Å². The van der Waals surface area contributed by atoms with Crippen molar-refractivity contribution in [2.75, 3.05) is 12.4 Å². The molecule has 0 bridgehead atoms. The average molecular weight is 493 g/mol. The van der Waals surface area contributed by atoms with Crippen LogP contribution < -0.4 is 10.1 Å². The number of carboxylic acid groups (broad SMARTS) is 1. The van der Waals surface area contributed by atoms with Crippen LogP contribution in [0.2, 0.25) is 0 Å². The van der Waals surface area contributed by atoms with Crippen molar-refractivity contribution in [3.8, 4) is 17.0 Å². The Kier molecular flexibility index (Phi) is 6.91. The van der Waals surface area contributed by atoms with Crippen molar-refractivity contribution < 1.29 is 27.8 Å². The second-order valence-electron chi connectivity index (χ2n) is 7.37. The number of nitrogens with zero attached hydrogens (tertiary/aromatic N) is 4. The molecule has 182 valence electrons. The van der Waals surface area contributed by atoms with Crippen molar-refractivity contribution >= 4 is 29.0 Å². The number of halogens is 3. The van der Waals surface area contributed by atoms with E-state index in [0.29, 0.717) is 28.3 Å². The molecule has 1 heterocycles. The monoisotopic (exact) mass is 493 g/mol. The first-order valence-electron chi connectivity index (χ1n) is 10.4. The largest absolute Gasteiger partial charge is 0.496 e. The van der Waals surface area contributed by atoms with Gasteiger partial charge in [-0.1, -0.05) is 18.2 Å². The lowest BCUT2D eigenvalue weighted by molar-refractivity contribution is -0.137. The van der Waals surface area contributed by atoms with E-state index in [1.165, 1.54) is 43.6 Å². The molecule has 0 saturated carbocycles. The number of nitrogens with one attached hydrogen (secondary N) is 1. The van der Waals surface area contributed by atoms with E-state index in [-0.39, 0.29) is 17.3 Å². The first kappa shape index (κ1) is 24.3. The Labute approximate surface area is 203 Å². The minimum Gasteiger partial charge on any atom is -0.496 e. The standard InChI is InChI=1S/C25H18F3N5O3/c1-36-22-14-17(10-11-19(22)23(34)35)32-33-21-5-3-2-4-18(21)20-12-13-29-24(31-20)30-16-8-6-15(7-9-16)25(26,27)28/h2-14H,1H3,(H,34,35)(H,29,30,31). The molecular formula is C25H18F3N5O3. The molecule has 0 amide bonds. The number of carbonyl (C=O) groups is 1. The fourth-order valence-electron chi connectivity index (χ4n) is 3.25. The quantitative estimate of drug-likeness (QED) is 0.268. The predicted molar refractivity (Wildman–Crippen MR) is 126 cm³/mol. The van der Waals surface area contributed by atoms with Crippen LogP contribution in [0.1, 0.15) is 15.9 Å². The highest BCUT2D eigenvalue weighted by atomic mass is 19.4. The minimum absolute atomic E-state index is 0.00547. The van der Waals surface area contributed by atoms with Gasteiger partial charge in [0.15, 0.2) is 0 Å². The second kappa shape index (κ2) is 10.2. The van der Waals surface area contributed by atoms with Gasteiger partial charge in [0.1, 0.15) is 11.3 Å². The molecule has 11 heteroatoms. The summed E-state index contributed by atoms with van der Waals surface area (Å²) in [6.07, 6.45) is -2.91. The summed E-state index contributed by atoms with van der Waals surface area (Å²) < 4.78 is 43.5. The topological polar surface area (TPSA) is 109 Å². The number of alkyl halides is 3. The summed E-state index contributed by atoms with van der Waals surface area (Å²) in [6, 6.07) is 17.6. The van der Waals surface area contributed by atoms with Crippen LogP contribution >= 0.6 is 0 Å². The minimum atomic E-state index is -4.42. The van der Waals surface area contributed by atoms with Gasteiger partial charge in [-0.2, -0.15) is 18.3 Å². The number of methoxy groups -OCH3 is 1. The highest BCUT2D eigenvalue weighted by Crippen LogP contribution is 2.33. The van der Waals surface area contributed by atoms with Crippen LogP contribution in [0.15, 0.2) is 89.2 Å². The first-order valence-corrected chi connectivity index (χ1v) is 10.4. The lowest BCUT2D eigenvalue weighted by atomic mass is 10.1. The second-order valence-corrected chi connectivity index (χ2v) is 7.37. The Morgan fingerprint density at radius 3 is 2.44 bits per heavy atom. The van der Waals surface area contributed by atoms with Gasteiger partial charge in [-0.15, -0.1) is 5.11 Å². The molecule has 2 N–H and O–H groups in total. The first-order chi connectivity index (χ1) is 17.2. The molecule has 3 aromatic carbocycles. The number of azo groups is 1. The van der Waals surface area contributed by atoms with Crippen LogP contribution in [0.3, 0.4) is 0 Å². The van der Waals surface area contributed by atoms with Gasteiger partial charge in [0.2, 0.25) is 5.95 Å². The number of benzene rings is 3. The van der Waals surface area contributed by atoms with Crippen molar-refractivity contribution in [1.29, 1.82) is 0 Å². The van der Waals surface area contributed by atoms with E-state index in [1.54, 1.807) is 30.3 Å². The zero-order valence-corrected chi connectivity index (χ0v) is 18.7. The Morgan fingerprint density at radius 2 is 1.75 bits per heavy atom. The number of hydrogen-bond donors (Lipinski definition) is 2. The molecule has 0 aliphatic heterocycles. The van der Waals surface area contributed by atoms with Gasteiger partial charge in [-0.3, -0.25) is 0 Å². The highest BCUT2D eigenvalue weighted by molar-refractivity contribution is 5.91. The normalized spacial score (nSPS) is 11.4. The van der Waals surface area contributed by atoms with Gasteiger partial charge < -0.3 is 15.2 Å². The van der Waals surface area contributed by atoms with Crippen LogP contribution in [0.4, 0.5) is 36.2 Å². The van der Waals surface area contributed by atoms with E-state index < -0.39 is 17.7 Å². The average Bonchev–Trinajstić information content (AvgIpc) is 2.87. The Bertz CT molecular complexity index is 1420. The number of aromatic nitrogens is 2. The maximum atomic E-state index is 12.8. The summed E-state index contributed by atoms with van der Waals surface area (Å²) in [5.41, 5.74) is 1.66. The van der Waals surface area contributed by atoms with Gasteiger partial charge in [0.05, 0.1) is 29.7 Å². The molecule has 0 fully saturated rings. The SMILES string of the molecule is COc1cc(N=Nc2ccccc2-c2ccnc(Nc3ccc(C(F)(F)F)cc3)n2)ccc1C(=O)O. The molecule has 0 aliphatic rings. The predicted octanol–water partition coefficient (Wildman–Crippen LogP) is 7.03. The number of hydrogen-bond acceptors (Lipinski definition) is 7. The molecule has 0 atom stereocenters. The summed E-state index contributed by atoms with van der Waals surface area (Å²) in [6.45, 7) is 0. The zero-order valence-electron chi connectivity index (χ0n) is 18.7. The highest BCUT2D eigenvalue weighted by Gasteiger charge is 2.29. The fraction of sp³-hybridized carbons (Fsp3) is 0.0800. The van der Waals surface area contributed by atoms with E-state index in [0.717, 1.165) is 12.1 Å². The van der Waals surface area contributed by atoms with Crippen LogP contribution in [0.25, 0.3) is 11.3 Å². The summed E-state index contributed by atoms with van der Waals surface area (Å²) >= 11 is 0. The van der Waals surface area contributed by atoms with Crippen molar-refractivity contribution in [3.05, 3.63) is 90.1 Å². The lowest BCUT2D eigenvalue weighted by Crippen LogP contribution is -2.04. The Morgan fingerprint density at radius 1 is 1.00 bits per heavy atom.